The smallest absolute Gasteiger partial charge is 0.121 e. The Bertz CT molecular complexity index is 592. The van der Waals surface area contributed by atoms with E-state index in [0.29, 0.717) is 13.0 Å². The van der Waals surface area contributed by atoms with Crippen LogP contribution < -0.4 is 10.1 Å². The van der Waals surface area contributed by atoms with Gasteiger partial charge in [0.15, 0.2) is 0 Å². The molecule has 0 spiro atoms. The van der Waals surface area contributed by atoms with E-state index in [0.717, 1.165) is 28.2 Å². The van der Waals surface area contributed by atoms with Crippen molar-refractivity contribution in [3.05, 3.63) is 45.1 Å². The van der Waals surface area contributed by atoms with E-state index < -0.39 is 0 Å². The van der Waals surface area contributed by atoms with Crippen molar-refractivity contribution in [2.45, 2.75) is 19.4 Å². The molecule has 1 N–H and O–H groups in total. The molecule has 5 heteroatoms. The lowest BCUT2D eigenvalue weighted by atomic mass is 10.3. The quantitative estimate of drug-likeness (QED) is 0.729. The van der Waals surface area contributed by atoms with E-state index in [1.807, 2.05) is 24.3 Å². The lowest BCUT2D eigenvalue weighted by molar-refractivity contribution is 0.313. The fourth-order valence-corrected chi connectivity index (χ4v) is 3.10. The average Bonchev–Trinajstić information content (AvgIpc) is 2.88. The molecule has 0 unspecified atom stereocenters. The summed E-state index contributed by atoms with van der Waals surface area (Å²) < 4.78 is 6.75. The SMILES string of the molecule is N#CCCCOc1cccc(NCc2ccc(Br)s2)c1. The first-order valence-electron chi connectivity index (χ1n) is 6.36. The molecule has 1 aromatic heterocycles. The summed E-state index contributed by atoms with van der Waals surface area (Å²) in [6.45, 7) is 1.38. The monoisotopic (exact) mass is 350 g/mol. The van der Waals surface area contributed by atoms with Gasteiger partial charge in [0.05, 0.1) is 16.5 Å². The number of nitriles is 1. The second-order valence-electron chi connectivity index (χ2n) is 4.20. The Morgan fingerprint density at radius 3 is 2.95 bits per heavy atom. The number of benzene rings is 1. The zero-order chi connectivity index (χ0) is 14.2. The van der Waals surface area contributed by atoms with Crippen LogP contribution in [0.15, 0.2) is 40.2 Å². The van der Waals surface area contributed by atoms with Crippen molar-refractivity contribution in [3.63, 3.8) is 0 Å². The van der Waals surface area contributed by atoms with E-state index in [1.165, 1.54) is 4.88 Å². The minimum absolute atomic E-state index is 0.533. The largest absolute Gasteiger partial charge is 0.493 e. The summed E-state index contributed by atoms with van der Waals surface area (Å²) in [4.78, 5) is 1.28. The topological polar surface area (TPSA) is 45.0 Å². The first-order chi connectivity index (χ1) is 9.78. The number of nitrogens with zero attached hydrogens (tertiary/aromatic N) is 1. The van der Waals surface area contributed by atoms with Crippen LogP contribution in [0.5, 0.6) is 5.75 Å². The molecule has 0 atom stereocenters. The van der Waals surface area contributed by atoms with Crippen LogP contribution in [0.2, 0.25) is 0 Å². The second kappa shape index (κ2) is 7.93. The predicted molar refractivity (Wildman–Crippen MR) is 86.1 cm³/mol. The zero-order valence-electron chi connectivity index (χ0n) is 10.9. The number of nitrogens with one attached hydrogen (secondary N) is 1. The minimum Gasteiger partial charge on any atom is -0.493 e. The standard InChI is InChI=1S/C15H15BrN2OS/c16-15-7-6-14(20-15)11-18-12-4-3-5-13(10-12)19-9-2-1-8-17/h3-7,10,18H,1-2,9,11H2. The fourth-order valence-electron chi connectivity index (χ4n) is 1.67. The molecule has 0 bridgehead atoms. The fraction of sp³-hybridized carbons (Fsp3) is 0.267. The maximum Gasteiger partial charge on any atom is 0.121 e. The van der Waals surface area contributed by atoms with Crippen molar-refractivity contribution < 1.29 is 4.74 Å². The highest BCUT2D eigenvalue weighted by Gasteiger charge is 2.00. The lowest BCUT2D eigenvalue weighted by Gasteiger charge is -2.08. The Balaban J connectivity index is 1.84. The summed E-state index contributed by atoms with van der Waals surface area (Å²) in [5.74, 6) is 0.834. The molecule has 0 aliphatic heterocycles. The Labute approximate surface area is 131 Å². The number of hydrogen-bond acceptors (Lipinski definition) is 4. The summed E-state index contributed by atoms with van der Waals surface area (Å²) in [6.07, 6.45) is 1.29. The van der Waals surface area contributed by atoms with E-state index >= 15 is 0 Å². The molecule has 20 heavy (non-hydrogen) atoms. The van der Waals surface area contributed by atoms with Gasteiger partial charge in [-0.3, -0.25) is 0 Å². The zero-order valence-corrected chi connectivity index (χ0v) is 13.3. The molecule has 0 aliphatic rings. The molecule has 0 aliphatic carbocycles. The van der Waals surface area contributed by atoms with Crippen molar-refractivity contribution in [1.82, 2.24) is 0 Å². The van der Waals surface area contributed by atoms with Crippen LogP contribution in [0.1, 0.15) is 17.7 Å². The third kappa shape index (κ3) is 4.87. The van der Waals surface area contributed by atoms with Crippen LogP contribution in [-0.4, -0.2) is 6.61 Å². The summed E-state index contributed by atoms with van der Waals surface area (Å²) in [6, 6.07) is 14.2. The Morgan fingerprint density at radius 2 is 2.20 bits per heavy atom. The van der Waals surface area contributed by atoms with E-state index in [2.05, 4.69) is 39.4 Å². The average molecular weight is 351 g/mol. The van der Waals surface area contributed by atoms with Crippen LogP contribution in [0.4, 0.5) is 5.69 Å². The molecule has 0 radical (unpaired) electrons. The van der Waals surface area contributed by atoms with Crippen LogP contribution >= 0.6 is 27.3 Å². The predicted octanol–water partition coefficient (Wildman–Crippen LogP) is 4.81. The van der Waals surface area contributed by atoms with Gasteiger partial charge >= 0.3 is 0 Å². The summed E-state index contributed by atoms with van der Waals surface area (Å²) >= 11 is 5.18. The lowest BCUT2D eigenvalue weighted by Crippen LogP contribution is -1.99. The van der Waals surface area contributed by atoms with Gasteiger partial charge in [0.25, 0.3) is 0 Å². The molecule has 2 aromatic rings. The maximum atomic E-state index is 8.47. The van der Waals surface area contributed by atoms with E-state index in [-0.39, 0.29) is 0 Å². The Kier molecular flexibility index (Phi) is 5.90. The molecule has 0 amide bonds. The third-order valence-corrected chi connectivity index (χ3v) is 4.25. The maximum absolute atomic E-state index is 8.47. The molecule has 0 saturated carbocycles. The van der Waals surface area contributed by atoms with E-state index in [1.54, 1.807) is 11.3 Å². The number of hydrogen-bond donors (Lipinski definition) is 1. The number of ether oxygens (including phenoxy) is 1. The minimum atomic E-state index is 0.533. The van der Waals surface area contributed by atoms with Gasteiger partial charge < -0.3 is 10.1 Å². The van der Waals surface area contributed by atoms with Gasteiger partial charge in [-0.1, -0.05) is 6.07 Å². The number of thiophene rings is 1. The van der Waals surface area contributed by atoms with Crippen molar-refractivity contribution >= 4 is 33.0 Å². The molecule has 0 fully saturated rings. The van der Waals surface area contributed by atoms with E-state index in [9.17, 15) is 0 Å². The van der Waals surface area contributed by atoms with Gasteiger partial charge in [-0.05, 0) is 46.6 Å². The number of halogens is 1. The van der Waals surface area contributed by atoms with Crippen LogP contribution in [0, 0.1) is 11.3 Å². The first kappa shape index (κ1) is 14.9. The van der Waals surface area contributed by atoms with Crippen molar-refractivity contribution in [2.75, 3.05) is 11.9 Å². The van der Waals surface area contributed by atoms with Gasteiger partial charge in [0, 0.05) is 29.6 Å². The number of unbranched alkanes of at least 4 members (excludes halogenated alkanes) is 1. The molecule has 104 valence electrons. The highest BCUT2D eigenvalue weighted by molar-refractivity contribution is 9.11. The molecule has 1 aromatic carbocycles. The summed E-state index contributed by atoms with van der Waals surface area (Å²) in [5, 5.41) is 11.8. The molecule has 3 nitrogen and oxygen atoms in total. The summed E-state index contributed by atoms with van der Waals surface area (Å²) in [7, 11) is 0. The molecule has 0 saturated heterocycles. The van der Waals surface area contributed by atoms with Crippen molar-refractivity contribution in [2.24, 2.45) is 0 Å². The molecule has 2 rings (SSSR count). The van der Waals surface area contributed by atoms with Crippen LogP contribution in [-0.2, 0) is 6.54 Å². The number of rotatable bonds is 7. The highest BCUT2D eigenvalue weighted by Crippen LogP contribution is 2.24. The summed E-state index contributed by atoms with van der Waals surface area (Å²) in [5.41, 5.74) is 1.03. The van der Waals surface area contributed by atoms with E-state index in [4.69, 9.17) is 10.00 Å². The van der Waals surface area contributed by atoms with Crippen molar-refractivity contribution in [1.29, 1.82) is 5.26 Å². The molecular weight excluding hydrogens is 336 g/mol. The second-order valence-corrected chi connectivity index (χ2v) is 6.74. The molecule has 1 heterocycles. The van der Waals surface area contributed by atoms with Gasteiger partial charge in [-0.25, -0.2) is 0 Å². The Hall–Kier alpha value is -1.51. The first-order valence-corrected chi connectivity index (χ1v) is 7.97. The van der Waals surface area contributed by atoms with Gasteiger partial charge in [0.2, 0.25) is 0 Å². The van der Waals surface area contributed by atoms with Gasteiger partial charge in [-0.15, -0.1) is 11.3 Å². The third-order valence-electron chi connectivity index (χ3n) is 2.63. The normalized spacial score (nSPS) is 10.0. The van der Waals surface area contributed by atoms with Gasteiger partial charge in [-0.2, -0.15) is 5.26 Å². The van der Waals surface area contributed by atoms with Crippen molar-refractivity contribution in [3.8, 4) is 11.8 Å². The number of anilines is 1. The Morgan fingerprint density at radius 1 is 1.30 bits per heavy atom. The van der Waals surface area contributed by atoms with Crippen LogP contribution in [0.25, 0.3) is 0 Å². The van der Waals surface area contributed by atoms with Crippen LogP contribution in [0.3, 0.4) is 0 Å². The molecular formula is C15H15BrN2OS. The van der Waals surface area contributed by atoms with Gasteiger partial charge in [0.1, 0.15) is 5.75 Å². The highest BCUT2D eigenvalue weighted by atomic mass is 79.9.